The first-order chi connectivity index (χ1) is 6.98. The molecule has 0 aromatic carbocycles. The molecule has 15 heavy (non-hydrogen) atoms. The quantitative estimate of drug-likeness (QED) is 0.593. The van der Waals surface area contributed by atoms with E-state index in [2.05, 4.69) is 20.8 Å². The molecule has 0 N–H and O–H groups in total. The van der Waals surface area contributed by atoms with E-state index in [1.54, 1.807) is 0 Å². The predicted molar refractivity (Wildman–Crippen MR) is 60.5 cm³/mol. The van der Waals surface area contributed by atoms with Crippen LogP contribution in [-0.4, -0.2) is 5.78 Å². The molecule has 1 spiro atoms. The van der Waals surface area contributed by atoms with Gasteiger partial charge in [-0.25, -0.2) is 0 Å². The van der Waals surface area contributed by atoms with Gasteiger partial charge in [0.15, 0.2) is 0 Å². The van der Waals surface area contributed by atoms with Crippen molar-refractivity contribution in [2.45, 2.75) is 52.9 Å². The smallest absolute Gasteiger partial charge is 0.141 e. The highest BCUT2D eigenvalue weighted by molar-refractivity contribution is 5.88. The standard InChI is InChI=1S/C14H22O/c1-9-4-5-11-13(2,3)12(15)10-6-7-14(9,11)8-10/h9-11H,4-8H2,1-3H3/t9-,10+,11+,14-/m1/s1. The highest BCUT2D eigenvalue weighted by Crippen LogP contribution is 2.67. The van der Waals surface area contributed by atoms with Gasteiger partial charge in [-0.1, -0.05) is 20.8 Å². The molecule has 1 nitrogen and oxygen atoms in total. The lowest BCUT2D eigenvalue weighted by Gasteiger charge is -2.47. The van der Waals surface area contributed by atoms with Gasteiger partial charge in [-0.2, -0.15) is 0 Å². The molecule has 2 bridgehead atoms. The Morgan fingerprint density at radius 2 is 1.93 bits per heavy atom. The molecule has 3 saturated carbocycles. The van der Waals surface area contributed by atoms with E-state index in [1.807, 2.05) is 0 Å². The molecule has 4 atom stereocenters. The van der Waals surface area contributed by atoms with Crippen LogP contribution in [0.25, 0.3) is 0 Å². The van der Waals surface area contributed by atoms with Crippen molar-refractivity contribution in [3.8, 4) is 0 Å². The van der Waals surface area contributed by atoms with Crippen LogP contribution in [0.3, 0.4) is 0 Å². The molecule has 0 heterocycles. The number of Topliss-reactive ketones (excluding diaryl/α,β-unsaturated/α-hetero) is 1. The lowest BCUT2D eigenvalue weighted by Crippen LogP contribution is -2.47. The Hall–Kier alpha value is -0.330. The van der Waals surface area contributed by atoms with Crippen molar-refractivity contribution in [1.82, 2.24) is 0 Å². The Morgan fingerprint density at radius 3 is 2.67 bits per heavy atom. The fourth-order valence-electron chi connectivity index (χ4n) is 5.21. The fraction of sp³-hybridized carbons (Fsp3) is 0.929. The van der Waals surface area contributed by atoms with Crippen molar-refractivity contribution in [1.29, 1.82) is 0 Å². The summed E-state index contributed by atoms with van der Waals surface area (Å²) in [7, 11) is 0. The number of carbonyl (C=O) groups is 1. The van der Waals surface area contributed by atoms with Gasteiger partial charge in [0, 0.05) is 11.3 Å². The van der Waals surface area contributed by atoms with Crippen LogP contribution in [0.4, 0.5) is 0 Å². The zero-order valence-corrected chi connectivity index (χ0v) is 10.2. The van der Waals surface area contributed by atoms with Crippen molar-refractivity contribution in [3.63, 3.8) is 0 Å². The van der Waals surface area contributed by atoms with Crippen molar-refractivity contribution in [2.24, 2.45) is 28.6 Å². The predicted octanol–water partition coefficient (Wildman–Crippen LogP) is 3.43. The van der Waals surface area contributed by atoms with E-state index < -0.39 is 0 Å². The lowest BCUT2D eigenvalue weighted by molar-refractivity contribution is -0.141. The molecule has 84 valence electrons. The molecule has 0 aromatic rings. The first-order valence-corrected chi connectivity index (χ1v) is 6.53. The Balaban J connectivity index is 2.09. The van der Waals surface area contributed by atoms with E-state index in [4.69, 9.17) is 0 Å². The zero-order valence-electron chi connectivity index (χ0n) is 10.2. The summed E-state index contributed by atoms with van der Waals surface area (Å²) >= 11 is 0. The molecular formula is C14H22O. The average Bonchev–Trinajstić information content (AvgIpc) is 2.71. The first kappa shape index (κ1) is 9.86. The fourth-order valence-corrected chi connectivity index (χ4v) is 5.21. The van der Waals surface area contributed by atoms with E-state index in [0.29, 0.717) is 23.0 Å². The van der Waals surface area contributed by atoms with E-state index in [9.17, 15) is 4.79 Å². The molecule has 0 radical (unpaired) electrons. The van der Waals surface area contributed by atoms with Crippen LogP contribution < -0.4 is 0 Å². The normalized spacial score (nSPS) is 51.9. The third-order valence-corrected chi connectivity index (χ3v) is 6.03. The molecule has 3 aliphatic rings. The Morgan fingerprint density at radius 1 is 1.20 bits per heavy atom. The van der Waals surface area contributed by atoms with Crippen molar-refractivity contribution >= 4 is 5.78 Å². The second kappa shape index (κ2) is 2.67. The monoisotopic (exact) mass is 206 g/mol. The van der Waals surface area contributed by atoms with Crippen LogP contribution in [0.2, 0.25) is 0 Å². The van der Waals surface area contributed by atoms with E-state index >= 15 is 0 Å². The van der Waals surface area contributed by atoms with Gasteiger partial charge in [0.25, 0.3) is 0 Å². The highest BCUT2D eigenvalue weighted by Gasteiger charge is 2.63. The number of fused-ring (bicyclic) bond motifs is 1. The minimum Gasteiger partial charge on any atom is -0.299 e. The number of ketones is 1. The Kier molecular flexibility index (Phi) is 1.76. The molecule has 0 aromatic heterocycles. The summed E-state index contributed by atoms with van der Waals surface area (Å²) in [6, 6.07) is 0. The first-order valence-electron chi connectivity index (χ1n) is 6.53. The molecular weight excluding hydrogens is 184 g/mol. The number of hydrogen-bond acceptors (Lipinski definition) is 1. The zero-order chi connectivity index (χ0) is 10.8. The molecule has 1 heteroatoms. The second-order valence-corrected chi connectivity index (χ2v) is 6.79. The summed E-state index contributed by atoms with van der Waals surface area (Å²) in [6.07, 6.45) is 6.39. The highest BCUT2D eigenvalue weighted by atomic mass is 16.1. The third-order valence-electron chi connectivity index (χ3n) is 6.03. The maximum absolute atomic E-state index is 12.4. The molecule has 3 fully saturated rings. The van der Waals surface area contributed by atoms with Crippen molar-refractivity contribution in [3.05, 3.63) is 0 Å². The van der Waals surface area contributed by atoms with Gasteiger partial charge >= 0.3 is 0 Å². The molecule has 0 saturated heterocycles. The number of carbonyl (C=O) groups excluding carboxylic acids is 1. The molecule has 0 aliphatic heterocycles. The SMILES string of the molecule is C[C@@H]1CC[C@H]2C(C)(C)C(=O)[C@H]3CC[C@@]12C3. The average molecular weight is 206 g/mol. The minimum absolute atomic E-state index is 0.0236. The lowest BCUT2D eigenvalue weighted by atomic mass is 9.55. The van der Waals surface area contributed by atoms with Gasteiger partial charge in [0.1, 0.15) is 5.78 Å². The summed E-state index contributed by atoms with van der Waals surface area (Å²) in [5.74, 6) is 2.54. The van der Waals surface area contributed by atoms with Gasteiger partial charge in [0.2, 0.25) is 0 Å². The molecule has 3 aliphatic carbocycles. The molecule has 0 amide bonds. The van der Waals surface area contributed by atoms with Gasteiger partial charge in [-0.3, -0.25) is 4.79 Å². The van der Waals surface area contributed by atoms with Crippen molar-refractivity contribution in [2.75, 3.05) is 0 Å². The molecule has 3 rings (SSSR count). The van der Waals surface area contributed by atoms with Gasteiger partial charge in [-0.05, 0) is 49.4 Å². The second-order valence-electron chi connectivity index (χ2n) is 6.79. The van der Waals surface area contributed by atoms with Crippen LogP contribution in [0.15, 0.2) is 0 Å². The van der Waals surface area contributed by atoms with Crippen LogP contribution in [0.5, 0.6) is 0 Å². The van der Waals surface area contributed by atoms with Crippen LogP contribution in [0.1, 0.15) is 52.9 Å². The van der Waals surface area contributed by atoms with E-state index in [1.165, 1.54) is 32.1 Å². The Bertz CT molecular complexity index is 317. The summed E-state index contributed by atoms with van der Waals surface area (Å²) in [4.78, 5) is 12.4. The topological polar surface area (TPSA) is 17.1 Å². The maximum Gasteiger partial charge on any atom is 0.141 e. The minimum atomic E-state index is -0.0236. The Labute approximate surface area is 92.6 Å². The largest absolute Gasteiger partial charge is 0.299 e. The van der Waals surface area contributed by atoms with Crippen LogP contribution >= 0.6 is 0 Å². The number of hydrogen-bond donors (Lipinski definition) is 0. The van der Waals surface area contributed by atoms with E-state index in [-0.39, 0.29) is 5.41 Å². The molecule has 0 unspecified atom stereocenters. The van der Waals surface area contributed by atoms with Gasteiger partial charge < -0.3 is 0 Å². The number of rotatable bonds is 0. The maximum atomic E-state index is 12.4. The summed E-state index contributed by atoms with van der Waals surface area (Å²) in [5.41, 5.74) is 0.534. The van der Waals surface area contributed by atoms with Crippen molar-refractivity contribution < 1.29 is 4.79 Å². The van der Waals surface area contributed by atoms with Crippen LogP contribution in [0, 0.1) is 28.6 Å². The van der Waals surface area contributed by atoms with Gasteiger partial charge in [-0.15, -0.1) is 0 Å². The summed E-state index contributed by atoms with van der Waals surface area (Å²) in [6.45, 7) is 6.85. The van der Waals surface area contributed by atoms with Crippen LogP contribution in [-0.2, 0) is 4.79 Å². The van der Waals surface area contributed by atoms with Gasteiger partial charge in [0.05, 0.1) is 0 Å². The third kappa shape index (κ3) is 0.976. The van der Waals surface area contributed by atoms with E-state index in [0.717, 1.165) is 5.92 Å². The summed E-state index contributed by atoms with van der Waals surface area (Å²) in [5, 5.41) is 0. The summed E-state index contributed by atoms with van der Waals surface area (Å²) < 4.78 is 0.